The largest absolute Gasteiger partial charge is 0.311 e. The van der Waals surface area contributed by atoms with Crippen molar-refractivity contribution >= 4 is 0 Å². The first-order valence-corrected chi connectivity index (χ1v) is 6.35. The molecule has 1 heteroatoms. The minimum absolute atomic E-state index is 0.695. The third-order valence-electron chi connectivity index (χ3n) is 3.44. The molecule has 0 aliphatic heterocycles. The molecule has 3 atom stereocenters. The van der Waals surface area contributed by atoms with Crippen LogP contribution in [-0.2, 0) is 0 Å². The van der Waals surface area contributed by atoms with Crippen LogP contribution < -0.4 is 5.32 Å². The molecule has 3 unspecified atom stereocenters. The summed E-state index contributed by atoms with van der Waals surface area (Å²) in [4.78, 5) is 0. The summed E-state index contributed by atoms with van der Waals surface area (Å²) in [6, 6.07) is 1.48. The number of hydrogen-bond donors (Lipinski definition) is 1. The van der Waals surface area contributed by atoms with Gasteiger partial charge < -0.3 is 5.32 Å². The molecule has 1 fully saturated rings. The van der Waals surface area contributed by atoms with Crippen LogP contribution in [0.4, 0.5) is 0 Å². The quantitative estimate of drug-likeness (QED) is 0.726. The third-order valence-corrected chi connectivity index (χ3v) is 3.44. The first-order valence-electron chi connectivity index (χ1n) is 6.35. The highest BCUT2D eigenvalue weighted by Crippen LogP contribution is 2.24. The molecule has 14 heavy (non-hydrogen) atoms. The summed E-state index contributed by atoms with van der Waals surface area (Å²) in [5.74, 6) is 1.70. The molecule has 1 aliphatic carbocycles. The molecule has 0 aromatic rings. The Morgan fingerprint density at radius 3 is 2.36 bits per heavy atom. The molecule has 0 saturated heterocycles. The first kappa shape index (κ1) is 12.0. The van der Waals surface area contributed by atoms with E-state index in [1.54, 1.807) is 0 Å². The Labute approximate surface area is 89.7 Å². The number of nitrogens with one attached hydrogen (secondary N) is 1. The van der Waals surface area contributed by atoms with Crippen molar-refractivity contribution in [2.24, 2.45) is 11.8 Å². The van der Waals surface area contributed by atoms with Crippen LogP contribution in [0.2, 0.25) is 0 Å². The summed E-state index contributed by atoms with van der Waals surface area (Å²) in [5, 5.41) is 3.80. The van der Waals surface area contributed by atoms with E-state index in [0.29, 0.717) is 6.04 Å². The number of rotatable bonds is 4. The van der Waals surface area contributed by atoms with Gasteiger partial charge in [0.2, 0.25) is 0 Å². The molecule has 1 aliphatic rings. The van der Waals surface area contributed by atoms with Crippen molar-refractivity contribution in [2.75, 3.05) is 0 Å². The van der Waals surface area contributed by atoms with E-state index in [9.17, 15) is 0 Å². The minimum atomic E-state index is 0.695. The molecule has 84 valence electrons. The van der Waals surface area contributed by atoms with Crippen LogP contribution in [-0.4, -0.2) is 12.1 Å². The maximum absolute atomic E-state index is 3.80. The SMILES string of the molecule is CC(C)CC(C)NC1CCCCC1C. The van der Waals surface area contributed by atoms with Gasteiger partial charge in [-0.3, -0.25) is 0 Å². The Morgan fingerprint density at radius 1 is 1.14 bits per heavy atom. The monoisotopic (exact) mass is 197 g/mol. The summed E-state index contributed by atoms with van der Waals surface area (Å²) >= 11 is 0. The molecule has 1 nitrogen and oxygen atoms in total. The van der Waals surface area contributed by atoms with E-state index < -0.39 is 0 Å². The fourth-order valence-corrected chi connectivity index (χ4v) is 2.70. The van der Waals surface area contributed by atoms with Crippen molar-refractivity contribution in [3.63, 3.8) is 0 Å². The van der Waals surface area contributed by atoms with Crippen molar-refractivity contribution < 1.29 is 0 Å². The average Bonchev–Trinajstić information content (AvgIpc) is 2.07. The molecule has 0 radical (unpaired) electrons. The fraction of sp³-hybridized carbons (Fsp3) is 1.00. The van der Waals surface area contributed by atoms with Gasteiger partial charge in [-0.2, -0.15) is 0 Å². The molecule has 0 amide bonds. The normalized spacial score (nSPS) is 30.6. The lowest BCUT2D eigenvalue weighted by atomic mass is 9.85. The smallest absolute Gasteiger partial charge is 0.00951 e. The van der Waals surface area contributed by atoms with Gasteiger partial charge in [-0.1, -0.05) is 33.6 Å². The highest BCUT2D eigenvalue weighted by atomic mass is 14.9. The van der Waals surface area contributed by atoms with Crippen molar-refractivity contribution in [2.45, 2.75) is 71.9 Å². The van der Waals surface area contributed by atoms with Crippen LogP contribution in [0.1, 0.15) is 59.8 Å². The van der Waals surface area contributed by atoms with E-state index in [4.69, 9.17) is 0 Å². The Kier molecular flexibility index (Phi) is 4.94. The van der Waals surface area contributed by atoms with E-state index in [1.165, 1.54) is 32.1 Å². The van der Waals surface area contributed by atoms with Gasteiger partial charge in [0, 0.05) is 12.1 Å². The second kappa shape index (κ2) is 5.75. The van der Waals surface area contributed by atoms with Gasteiger partial charge in [0.15, 0.2) is 0 Å². The van der Waals surface area contributed by atoms with Gasteiger partial charge in [0.05, 0.1) is 0 Å². The maximum atomic E-state index is 3.80. The molecule has 0 spiro atoms. The summed E-state index contributed by atoms with van der Waals surface area (Å²) in [6.45, 7) is 9.35. The zero-order chi connectivity index (χ0) is 10.6. The van der Waals surface area contributed by atoms with E-state index >= 15 is 0 Å². The lowest BCUT2D eigenvalue weighted by molar-refractivity contribution is 0.252. The molecular weight excluding hydrogens is 170 g/mol. The van der Waals surface area contributed by atoms with Crippen molar-refractivity contribution in [1.29, 1.82) is 0 Å². The molecule has 0 heterocycles. The van der Waals surface area contributed by atoms with Gasteiger partial charge in [-0.25, -0.2) is 0 Å². The van der Waals surface area contributed by atoms with Crippen LogP contribution in [0.15, 0.2) is 0 Å². The summed E-state index contributed by atoms with van der Waals surface area (Å²) < 4.78 is 0. The van der Waals surface area contributed by atoms with Crippen molar-refractivity contribution in [3.05, 3.63) is 0 Å². The van der Waals surface area contributed by atoms with Gasteiger partial charge in [-0.05, 0) is 38.0 Å². The van der Waals surface area contributed by atoms with E-state index in [1.807, 2.05) is 0 Å². The van der Waals surface area contributed by atoms with Crippen LogP contribution in [0, 0.1) is 11.8 Å². The Balaban J connectivity index is 2.27. The first-order chi connectivity index (χ1) is 6.59. The second-order valence-electron chi connectivity index (χ2n) is 5.57. The minimum Gasteiger partial charge on any atom is -0.311 e. The standard InChI is InChI=1S/C13H27N/c1-10(2)9-12(4)14-13-8-6-5-7-11(13)3/h10-14H,5-9H2,1-4H3. The summed E-state index contributed by atoms with van der Waals surface area (Å²) in [7, 11) is 0. The predicted molar refractivity (Wildman–Crippen MR) is 63.5 cm³/mol. The van der Waals surface area contributed by atoms with E-state index in [-0.39, 0.29) is 0 Å². The third kappa shape index (κ3) is 4.00. The fourth-order valence-electron chi connectivity index (χ4n) is 2.70. The van der Waals surface area contributed by atoms with E-state index in [2.05, 4.69) is 33.0 Å². The number of hydrogen-bond acceptors (Lipinski definition) is 1. The molecule has 0 bridgehead atoms. The highest BCUT2D eigenvalue weighted by molar-refractivity contribution is 4.80. The van der Waals surface area contributed by atoms with E-state index in [0.717, 1.165) is 17.9 Å². The molecule has 0 aromatic heterocycles. The molecule has 0 aromatic carbocycles. The molecule has 1 rings (SSSR count). The van der Waals surface area contributed by atoms with Gasteiger partial charge in [0.25, 0.3) is 0 Å². The average molecular weight is 197 g/mol. The van der Waals surface area contributed by atoms with Crippen LogP contribution in [0.5, 0.6) is 0 Å². The lowest BCUT2D eigenvalue weighted by Gasteiger charge is -2.32. The Morgan fingerprint density at radius 2 is 1.79 bits per heavy atom. The second-order valence-corrected chi connectivity index (χ2v) is 5.57. The van der Waals surface area contributed by atoms with Crippen LogP contribution >= 0.6 is 0 Å². The predicted octanol–water partition coefficient (Wildman–Crippen LogP) is 3.59. The lowest BCUT2D eigenvalue weighted by Crippen LogP contribution is -2.42. The molecular formula is C13H27N. The van der Waals surface area contributed by atoms with Gasteiger partial charge in [0.1, 0.15) is 0 Å². The molecule has 1 N–H and O–H groups in total. The van der Waals surface area contributed by atoms with Gasteiger partial charge in [-0.15, -0.1) is 0 Å². The Bertz CT molecular complexity index is 153. The van der Waals surface area contributed by atoms with Crippen LogP contribution in [0.3, 0.4) is 0 Å². The summed E-state index contributed by atoms with van der Waals surface area (Å²) in [5.41, 5.74) is 0. The summed E-state index contributed by atoms with van der Waals surface area (Å²) in [6.07, 6.45) is 6.99. The zero-order valence-electron chi connectivity index (χ0n) is 10.3. The van der Waals surface area contributed by atoms with Crippen LogP contribution in [0.25, 0.3) is 0 Å². The highest BCUT2D eigenvalue weighted by Gasteiger charge is 2.22. The molecule has 1 saturated carbocycles. The Hall–Kier alpha value is -0.0400. The van der Waals surface area contributed by atoms with Crippen molar-refractivity contribution in [1.82, 2.24) is 5.32 Å². The van der Waals surface area contributed by atoms with Crippen molar-refractivity contribution in [3.8, 4) is 0 Å². The topological polar surface area (TPSA) is 12.0 Å². The zero-order valence-corrected chi connectivity index (χ0v) is 10.3. The van der Waals surface area contributed by atoms with Gasteiger partial charge >= 0.3 is 0 Å². The maximum Gasteiger partial charge on any atom is 0.00951 e.